The van der Waals surface area contributed by atoms with Gasteiger partial charge in [-0.3, -0.25) is 4.79 Å². The van der Waals surface area contributed by atoms with Gasteiger partial charge in [0.1, 0.15) is 17.8 Å². The SMILES string of the molecule is CC(C)N1CCC(NC(=O)c2nc3c(C(=O)OCCO)cccc3n2Cc2cc(-c3ccc(Cl)s3)on2)CC1. The number of aliphatic hydroxyl groups is 1. The summed E-state index contributed by atoms with van der Waals surface area (Å²) in [7, 11) is 0. The topological polar surface area (TPSA) is 123 Å². The zero-order valence-corrected chi connectivity index (χ0v) is 23.3. The highest BCUT2D eigenvalue weighted by Gasteiger charge is 2.27. The van der Waals surface area contributed by atoms with Crippen molar-refractivity contribution in [1.29, 1.82) is 0 Å². The Morgan fingerprint density at radius 2 is 2.05 bits per heavy atom. The lowest BCUT2D eigenvalue weighted by Crippen LogP contribution is -2.47. The molecule has 39 heavy (non-hydrogen) atoms. The van der Waals surface area contributed by atoms with E-state index in [4.69, 9.17) is 26.0 Å². The number of nitrogens with zero attached hydrogens (tertiary/aromatic N) is 4. The van der Waals surface area contributed by atoms with Crippen LogP contribution in [0, 0.1) is 0 Å². The summed E-state index contributed by atoms with van der Waals surface area (Å²) in [6.07, 6.45) is 1.69. The molecule has 0 radical (unpaired) electrons. The molecule has 2 N–H and O–H groups in total. The van der Waals surface area contributed by atoms with Gasteiger partial charge in [-0.2, -0.15) is 0 Å². The van der Waals surface area contributed by atoms with Crippen molar-refractivity contribution in [2.45, 2.75) is 45.3 Å². The minimum absolute atomic E-state index is 0.0250. The maximum absolute atomic E-state index is 13.6. The molecule has 1 aromatic carbocycles. The lowest BCUT2D eigenvalue weighted by atomic mass is 10.0. The van der Waals surface area contributed by atoms with Crippen LogP contribution in [0.5, 0.6) is 0 Å². The highest BCUT2D eigenvalue weighted by molar-refractivity contribution is 7.19. The third-order valence-corrected chi connectivity index (χ3v) is 8.06. The van der Waals surface area contributed by atoms with Crippen molar-refractivity contribution in [2.75, 3.05) is 26.3 Å². The average Bonchev–Trinajstić information content (AvgIpc) is 3.66. The first-order valence-corrected chi connectivity index (χ1v) is 14.1. The molecule has 0 bridgehead atoms. The van der Waals surface area contributed by atoms with Crippen LogP contribution in [-0.4, -0.2) is 75.0 Å². The highest BCUT2D eigenvalue weighted by atomic mass is 35.5. The first-order valence-electron chi connectivity index (χ1n) is 12.9. The Morgan fingerprint density at radius 3 is 2.74 bits per heavy atom. The van der Waals surface area contributed by atoms with Crippen LogP contribution in [0.25, 0.3) is 21.7 Å². The van der Waals surface area contributed by atoms with Gasteiger partial charge in [-0.25, -0.2) is 9.78 Å². The van der Waals surface area contributed by atoms with Gasteiger partial charge in [0.05, 0.1) is 33.4 Å². The number of hydrogen-bond donors (Lipinski definition) is 2. The lowest BCUT2D eigenvalue weighted by molar-refractivity contribution is 0.0435. The third kappa shape index (κ3) is 6.01. The van der Waals surface area contributed by atoms with Crippen LogP contribution in [0.2, 0.25) is 4.34 Å². The van der Waals surface area contributed by atoms with Crippen LogP contribution in [0.1, 0.15) is 53.4 Å². The number of esters is 1. The van der Waals surface area contributed by atoms with Gasteiger partial charge < -0.3 is 29.2 Å². The molecule has 12 heteroatoms. The number of rotatable bonds is 9. The molecule has 3 aromatic heterocycles. The fourth-order valence-electron chi connectivity index (χ4n) is 4.78. The van der Waals surface area contributed by atoms with Gasteiger partial charge in [-0.15, -0.1) is 11.3 Å². The summed E-state index contributed by atoms with van der Waals surface area (Å²) in [6.45, 7) is 5.95. The Hall–Kier alpha value is -3.25. The van der Waals surface area contributed by atoms with Crippen molar-refractivity contribution >= 4 is 45.8 Å². The number of aliphatic hydroxyl groups excluding tert-OH is 1. The van der Waals surface area contributed by atoms with E-state index in [1.807, 2.05) is 6.07 Å². The Labute approximate surface area is 234 Å². The second-order valence-corrected chi connectivity index (χ2v) is 11.4. The Bertz CT molecular complexity index is 1470. The Balaban J connectivity index is 1.47. The summed E-state index contributed by atoms with van der Waals surface area (Å²) in [5, 5.41) is 16.4. The van der Waals surface area contributed by atoms with Gasteiger partial charge >= 0.3 is 5.97 Å². The van der Waals surface area contributed by atoms with Crippen molar-refractivity contribution in [3.63, 3.8) is 0 Å². The molecule has 1 saturated heterocycles. The molecular formula is C27H30ClN5O5S. The number of ether oxygens (including phenoxy) is 1. The lowest BCUT2D eigenvalue weighted by Gasteiger charge is -2.34. The van der Waals surface area contributed by atoms with Gasteiger partial charge in [0.2, 0.25) is 0 Å². The normalized spacial score (nSPS) is 14.8. The number of imidazole rings is 1. The molecule has 0 saturated carbocycles. The minimum atomic E-state index is -0.620. The number of amides is 1. The van der Waals surface area contributed by atoms with E-state index >= 15 is 0 Å². The van der Waals surface area contributed by atoms with E-state index in [9.17, 15) is 9.59 Å². The molecule has 0 unspecified atom stereocenters. The molecule has 1 aliphatic heterocycles. The number of benzene rings is 1. The fourth-order valence-corrected chi connectivity index (χ4v) is 5.77. The first kappa shape index (κ1) is 27.3. The van der Waals surface area contributed by atoms with Crippen LogP contribution >= 0.6 is 22.9 Å². The largest absolute Gasteiger partial charge is 0.460 e. The first-order chi connectivity index (χ1) is 18.8. The molecule has 1 aliphatic rings. The standard InChI is InChI=1S/C27H30ClN5O5S/c1-16(2)32-10-8-17(9-11-32)29-26(35)25-30-24-19(27(36)37-13-12-34)4-3-5-20(24)33(25)15-18-14-21(38-31-18)22-6-7-23(28)39-22/h3-7,14,16-17,34H,8-13,15H2,1-2H3,(H,29,35). The van der Waals surface area contributed by atoms with Gasteiger partial charge in [0.25, 0.3) is 5.91 Å². The fraction of sp³-hybridized carbons (Fsp3) is 0.407. The van der Waals surface area contributed by atoms with Crippen LogP contribution in [0.3, 0.4) is 0 Å². The van der Waals surface area contributed by atoms with Crippen molar-refractivity contribution in [1.82, 2.24) is 24.9 Å². The number of nitrogens with one attached hydrogen (secondary N) is 1. The molecule has 10 nitrogen and oxygen atoms in total. The summed E-state index contributed by atoms with van der Waals surface area (Å²) >= 11 is 7.46. The average molecular weight is 572 g/mol. The smallest absolute Gasteiger partial charge is 0.340 e. The predicted octanol–water partition coefficient (Wildman–Crippen LogP) is 4.21. The van der Waals surface area contributed by atoms with Crippen molar-refractivity contribution in [3.8, 4) is 10.6 Å². The van der Waals surface area contributed by atoms with Gasteiger partial charge in [0, 0.05) is 31.2 Å². The second-order valence-electron chi connectivity index (χ2n) is 9.72. The Kier molecular flexibility index (Phi) is 8.31. The maximum Gasteiger partial charge on any atom is 0.340 e. The van der Waals surface area contributed by atoms with E-state index in [0.717, 1.165) is 30.8 Å². The number of para-hydroxylation sites is 1. The summed E-state index contributed by atoms with van der Waals surface area (Å²) in [6, 6.07) is 11.0. The molecule has 5 rings (SSSR count). The molecule has 4 aromatic rings. The van der Waals surface area contributed by atoms with E-state index < -0.39 is 5.97 Å². The predicted molar refractivity (Wildman–Crippen MR) is 148 cm³/mol. The molecule has 0 aliphatic carbocycles. The minimum Gasteiger partial charge on any atom is -0.460 e. The molecule has 1 amide bonds. The van der Waals surface area contributed by atoms with E-state index in [0.29, 0.717) is 32.9 Å². The number of carbonyl (C=O) groups excluding carboxylic acids is 2. The number of fused-ring (bicyclic) bond motifs is 1. The molecule has 206 valence electrons. The van der Waals surface area contributed by atoms with Crippen molar-refractivity contribution in [3.05, 3.63) is 57.8 Å². The number of halogens is 1. The van der Waals surface area contributed by atoms with Gasteiger partial charge in [0.15, 0.2) is 11.6 Å². The Morgan fingerprint density at radius 1 is 1.26 bits per heavy atom. The van der Waals surface area contributed by atoms with Crippen molar-refractivity contribution < 1.29 is 24.0 Å². The van der Waals surface area contributed by atoms with Crippen LogP contribution in [0.4, 0.5) is 0 Å². The molecule has 1 fully saturated rings. The zero-order chi connectivity index (χ0) is 27.5. The summed E-state index contributed by atoms with van der Waals surface area (Å²) in [4.78, 5) is 34.1. The summed E-state index contributed by atoms with van der Waals surface area (Å²) in [5.41, 5.74) is 1.72. The van der Waals surface area contributed by atoms with E-state index in [1.165, 1.54) is 11.3 Å². The van der Waals surface area contributed by atoms with Crippen LogP contribution < -0.4 is 5.32 Å². The third-order valence-electron chi connectivity index (χ3n) is 6.82. The number of hydrogen-bond acceptors (Lipinski definition) is 9. The zero-order valence-electron chi connectivity index (χ0n) is 21.7. The molecule has 4 heterocycles. The number of aromatic nitrogens is 3. The number of likely N-dealkylation sites (tertiary alicyclic amines) is 1. The van der Waals surface area contributed by atoms with E-state index in [1.54, 1.807) is 34.9 Å². The number of thiophene rings is 1. The summed E-state index contributed by atoms with van der Waals surface area (Å²) in [5.74, 6) is -0.201. The highest BCUT2D eigenvalue weighted by Crippen LogP contribution is 2.32. The monoisotopic (exact) mass is 571 g/mol. The quantitative estimate of drug-likeness (QED) is 0.287. The van der Waals surface area contributed by atoms with Gasteiger partial charge in [-0.05, 0) is 51.0 Å². The molecule has 0 atom stereocenters. The van der Waals surface area contributed by atoms with Crippen LogP contribution in [0.15, 0.2) is 40.9 Å². The second kappa shape index (κ2) is 11.9. The number of carbonyl (C=O) groups is 2. The van der Waals surface area contributed by atoms with E-state index in [-0.39, 0.29) is 43.1 Å². The van der Waals surface area contributed by atoms with Gasteiger partial charge in [-0.1, -0.05) is 22.8 Å². The van der Waals surface area contributed by atoms with Crippen LogP contribution in [-0.2, 0) is 11.3 Å². The van der Waals surface area contributed by atoms with Crippen molar-refractivity contribution in [2.24, 2.45) is 0 Å². The molecule has 0 spiro atoms. The maximum atomic E-state index is 13.6. The summed E-state index contributed by atoms with van der Waals surface area (Å²) < 4.78 is 13.1. The van der Waals surface area contributed by atoms with E-state index in [2.05, 4.69) is 34.2 Å². The molecular weight excluding hydrogens is 542 g/mol. The number of piperidine rings is 1.